The number of carbonyl (C=O) groups is 3. The normalized spacial score (nSPS) is 11.6. The summed E-state index contributed by atoms with van der Waals surface area (Å²) in [5.74, 6) is -0.436. The summed E-state index contributed by atoms with van der Waals surface area (Å²) in [5, 5.41) is 5.45. The Morgan fingerprint density at radius 1 is 0.970 bits per heavy atom. The molecule has 174 valence electrons. The highest BCUT2D eigenvalue weighted by molar-refractivity contribution is 5.95. The van der Waals surface area contributed by atoms with Crippen molar-refractivity contribution in [2.24, 2.45) is 0 Å². The molecule has 0 aliphatic carbocycles. The topological polar surface area (TPSA) is 105 Å². The summed E-state index contributed by atoms with van der Waals surface area (Å²) in [7, 11) is 0. The number of nitrogens with one attached hydrogen (secondary N) is 2. The summed E-state index contributed by atoms with van der Waals surface area (Å²) in [6.07, 6.45) is 4.49. The van der Waals surface area contributed by atoms with E-state index in [1.807, 2.05) is 38.1 Å². The van der Waals surface area contributed by atoms with Gasteiger partial charge in [0.2, 0.25) is 11.8 Å². The first-order valence-corrected chi connectivity index (χ1v) is 11.0. The van der Waals surface area contributed by atoms with Gasteiger partial charge in [-0.15, -0.1) is 0 Å². The largest absolute Gasteiger partial charge is 0.467 e. The number of amides is 3. The van der Waals surface area contributed by atoms with E-state index in [1.54, 1.807) is 18.2 Å². The average molecular weight is 452 g/mol. The van der Waals surface area contributed by atoms with Crippen LogP contribution in [0.4, 0.5) is 0 Å². The minimum absolute atomic E-state index is 0.120. The maximum absolute atomic E-state index is 13.3. The fraction of sp³-hybridized carbons (Fsp3) is 0.320. The summed E-state index contributed by atoms with van der Waals surface area (Å²) < 4.78 is 10.4. The molecule has 0 aliphatic heterocycles. The number of benzene rings is 1. The van der Waals surface area contributed by atoms with Crippen molar-refractivity contribution in [3.8, 4) is 0 Å². The standard InChI is InChI=1S/C25H29N3O5/c1-3-4-13-28(22(29)17-27-24(30)21-8-6-15-33-21)23(19-11-9-18(2)10-12-19)25(31)26-16-20-7-5-14-32-20/h5-12,14-15,23H,3-4,13,16-17H2,1-2H3,(H,26,31)(H,27,30)/t23-/m0/s1. The molecule has 2 heterocycles. The minimum Gasteiger partial charge on any atom is -0.467 e. The van der Waals surface area contributed by atoms with Crippen LogP contribution in [0.2, 0.25) is 0 Å². The zero-order valence-corrected chi connectivity index (χ0v) is 18.9. The van der Waals surface area contributed by atoms with Gasteiger partial charge in [-0.2, -0.15) is 0 Å². The van der Waals surface area contributed by atoms with Crippen molar-refractivity contribution < 1.29 is 23.2 Å². The summed E-state index contributed by atoms with van der Waals surface area (Å²) in [5.41, 5.74) is 1.74. The molecule has 3 amide bonds. The van der Waals surface area contributed by atoms with Crippen LogP contribution in [0.25, 0.3) is 0 Å². The van der Waals surface area contributed by atoms with Crippen LogP contribution in [0.3, 0.4) is 0 Å². The highest BCUT2D eigenvalue weighted by atomic mass is 16.3. The van der Waals surface area contributed by atoms with Gasteiger partial charge in [0.1, 0.15) is 11.8 Å². The van der Waals surface area contributed by atoms with E-state index in [-0.39, 0.29) is 30.7 Å². The van der Waals surface area contributed by atoms with E-state index in [2.05, 4.69) is 10.6 Å². The Balaban J connectivity index is 1.81. The maximum Gasteiger partial charge on any atom is 0.287 e. The van der Waals surface area contributed by atoms with Gasteiger partial charge >= 0.3 is 0 Å². The number of nitrogens with zero attached hydrogens (tertiary/aromatic N) is 1. The number of hydrogen-bond acceptors (Lipinski definition) is 5. The number of rotatable bonds is 11. The van der Waals surface area contributed by atoms with Crippen molar-refractivity contribution in [1.82, 2.24) is 15.5 Å². The number of aryl methyl sites for hydroxylation is 1. The predicted molar refractivity (Wildman–Crippen MR) is 122 cm³/mol. The van der Waals surface area contributed by atoms with Crippen molar-refractivity contribution in [2.75, 3.05) is 13.1 Å². The molecule has 0 unspecified atom stereocenters. The summed E-state index contributed by atoms with van der Waals surface area (Å²) in [4.78, 5) is 40.3. The second-order valence-electron chi connectivity index (χ2n) is 7.71. The minimum atomic E-state index is -0.847. The molecule has 3 aromatic rings. The molecular formula is C25H29N3O5. The van der Waals surface area contributed by atoms with Gasteiger partial charge in [-0.05, 0) is 43.2 Å². The van der Waals surface area contributed by atoms with E-state index >= 15 is 0 Å². The third-order valence-electron chi connectivity index (χ3n) is 5.19. The zero-order valence-electron chi connectivity index (χ0n) is 18.9. The van der Waals surface area contributed by atoms with Crippen LogP contribution in [0.5, 0.6) is 0 Å². The number of carbonyl (C=O) groups excluding carboxylic acids is 3. The first-order chi connectivity index (χ1) is 16.0. The molecule has 8 nitrogen and oxygen atoms in total. The Bertz CT molecular complexity index is 1030. The first kappa shape index (κ1) is 23.8. The third kappa shape index (κ3) is 6.58. The van der Waals surface area contributed by atoms with Crippen LogP contribution in [-0.2, 0) is 16.1 Å². The Hall–Kier alpha value is -3.81. The molecule has 0 bridgehead atoms. The van der Waals surface area contributed by atoms with E-state index in [0.29, 0.717) is 24.3 Å². The van der Waals surface area contributed by atoms with Gasteiger partial charge in [0.05, 0.1) is 25.6 Å². The lowest BCUT2D eigenvalue weighted by molar-refractivity contribution is -0.140. The van der Waals surface area contributed by atoms with E-state index in [0.717, 1.165) is 12.0 Å². The van der Waals surface area contributed by atoms with Crippen molar-refractivity contribution in [3.63, 3.8) is 0 Å². The molecule has 2 aromatic heterocycles. The van der Waals surface area contributed by atoms with E-state index in [4.69, 9.17) is 8.83 Å². The molecule has 0 spiro atoms. The molecule has 0 aliphatic rings. The lowest BCUT2D eigenvalue weighted by atomic mass is 10.0. The van der Waals surface area contributed by atoms with Gasteiger partial charge in [-0.25, -0.2) is 0 Å². The Labute approximate surface area is 192 Å². The van der Waals surface area contributed by atoms with Gasteiger partial charge < -0.3 is 24.4 Å². The van der Waals surface area contributed by atoms with Crippen molar-refractivity contribution in [1.29, 1.82) is 0 Å². The van der Waals surface area contributed by atoms with Gasteiger partial charge in [0, 0.05) is 6.54 Å². The highest BCUT2D eigenvalue weighted by Crippen LogP contribution is 2.23. The molecule has 33 heavy (non-hydrogen) atoms. The van der Waals surface area contributed by atoms with Gasteiger partial charge in [0.25, 0.3) is 5.91 Å². The monoisotopic (exact) mass is 451 g/mol. The smallest absolute Gasteiger partial charge is 0.287 e. The van der Waals surface area contributed by atoms with E-state index in [1.165, 1.54) is 23.5 Å². The fourth-order valence-corrected chi connectivity index (χ4v) is 3.38. The van der Waals surface area contributed by atoms with E-state index in [9.17, 15) is 14.4 Å². The highest BCUT2D eigenvalue weighted by Gasteiger charge is 2.31. The summed E-state index contributed by atoms with van der Waals surface area (Å²) >= 11 is 0. The molecule has 1 aromatic carbocycles. The molecule has 2 N–H and O–H groups in total. The van der Waals surface area contributed by atoms with Crippen molar-refractivity contribution in [2.45, 2.75) is 39.3 Å². The van der Waals surface area contributed by atoms with Crippen molar-refractivity contribution in [3.05, 3.63) is 83.7 Å². The molecule has 0 radical (unpaired) electrons. The average Bonchev–Trinajstić information content (AvgIpc) is 3.54. The van der Waals surface area contributed by atoms with Gasteiger partial charge in [-0.3, -0.25) is 14.4 Å². The van der Waals surface area contributed by atoms with Crippen LogP contribution < -0.4 is 10.6 Å². The van der Waals surface area contributed by atoms with E-state index < -0.39 is 11.9 Å². The van der Waals surface area contributed by atoms with Gasteiger partial charge in [-0.1, -0.05) is 43.2 Å². The predicted octanol–water partition coefficient (Wildman–Crippen LogP) is 3.60. The van der Waals surface area contributed by atoms with Crippen LogP contribution in [0.1, 0.15) is 53.2 Å². The Kier molecular flexibility index (Phi) is 8.46. The quantitative estimate of drug-likeness (QED) is 0.464. The maximum atomic E-state index is 13.3. The summed E-state index contributed by atoms with van der Waals surface area (Å²) in [6.45, 7) is 4.30. The molecule has 0 saturated heterocycles. The lowest BCUT2D eigenvalue weighted by Crippen LogP contribution is -2.47. The zero-order chi connectivity index (χ0) is 23.6. The molecule has 8 heteroatoms. The van der Waals surface area contributed by atoms with Gasteiger partial charge in [0.15, 0.2) is 5.76 Å². The number of hydrogen-bond donors (Lipinski definition) is 2. The van der Waals surface area contributed by atoms with Crippen LogP contribution >= 0.6 is 0 Å². The second kappa shape index (κ2) is 11.7. The fourth-order valence-electron chi connectivity index (χ4n) is 3.38. The third-order valence-corrected chi connectivity index (χ3v) is 5.19. The molecule has 0 fully saturated rings. The first-order valence-electron chi connectivity index (χ1n) is 11.0. The molecule has 3 rings (SSSR count). The number of furan rings is 2. The Morgan fingerprint density at radius 3 is 2.33 bits per heavy atom. The van der Waals surface area contributed by atoms with Crippen LogP contribution in [0, 0.1) is 6.92 Å². The molecule has 1 atom stereocenters. The SMILES string of the molecule is CCCCN(C(=O)CNC(=O)c1ccco1)[C@H](C(=O)NCc1ccco1)c1ccc(C)cc1. The van der Waals surface area contributed by atoms with Crippen LogP contribution in [0.15, 0.2) is 69.9 Å². The lowest BCUT2D eigenvalue weighted by Gasteiger charge is -2.31. The number of unbranched alkanes of at least 4 members (excludes halogenated alkanes) is 1. The van der Waals surface area contributed by atoms with Crippen LogP contribution in [-0.4, -0.2) is 35.7 Å². The Morgan fingerprint density at radius 2 is 1.70 bits per heavy atom. The molecular weight excluding hydrogens is 422 g/mol. The summed E-state index contributed by atoms with van der Waals surface area (Å²) in [6, 6.07) is 13.3. The van der Waals surface area contributed by atoms with Crippen molar-refractivity contribution >= 4 is 17.7 Å². The molecule has 0 saturated carbocycles. The second-order valence-corrected chi connectivity index (χ2v) is 7.71.